The van der Waals surface area contributed by atoms with Crippen molar-refractivity contribution in [3.63, 3.8) is 0 Å². The largest absolute Gasteiger partial charge is 0.469 e. The summed E-state index contributed by atoms with van der Waals surface area (Å²) < 4.78 is 4.84. The molecule has 2 heteroatoms. The molecule has 0 heterocycles. The van der Waals surface area contributed by atoms with Crippen LogP contribution in [0.5, 0.6) is 0 Å². The number of esters is 1. The molecule has 0 bridgehead atoms. The van der Waals surface area contributed by atoms with E-state index < -0.39 is 0 Å². The summed E-state index contributed by atoms with van der Waals surface area (Å²) in [5.41, 5.74) is 1.23. The fraction of sp³-hybridized carbons (Fsp3) is 0.500. The van der Waals surface area contributed by atoms with Crippen LogP contribution in [0.25, 0.3) is 0 Å². The summed E-state index contributed by atoms with van der Waals surface area (Å²) in [4.78, 5) is 11.5. The zero-order valence-electron chi connectivity index (χ0n) is 9.74. The molecule has 1 fully saturated rings. The van der Waals surface area contributed by atoms with Crippen LogP contribution in [0.3, 0.4) is 0 Å². The van der Waals surface area contributed by atoms with Gasteiger partial charge in [0.05, 0.1) is 12.5 Å². The average molecular weight is 218 g/mol. The number of hydrogen-bond donors (Lipinski definition) is 0. The predicted molar refractivity (Wildman–Crippen MR) is 63.1 cm³/mol. The van der Waals surface area contributed by atoms with E-state index in [-0.39, 0.29) is 11.4 Å². The molecular weight excluding hydrogens is 200 g/mol. The molecule has 0 saturated heterocycles. The Balaban J connectivity index is 1.79. The molecule has 1 aliphatic rings. The Bertz CT molecular complexity index is 352. The molecule has 2 nitrogen and oxygen atoms in total. The van der Waals surface area contributed by atoms with E-state index in [0.29, 0.717) is 0 Å². The van der Waals surface area contributed by atoms with Gasteiger partial charge in [-0.25, -0.2) is 0 Å². The number of ether oxygens (including phenoxy) is 1. The molecule has 0 radical (unpaired) electrons. The molecular formula is C14H18O2. The van der Waals surface area contributed by atoms with Gasteiger partial charge in [-0.1, -0.05) is 30.3 Å². The lowest BCUT2D eigenvalue weighted by molar-refractivity contribution is -0.147. The highest BCUT2D eigenvalue weighted by atomic mass is 16.5. The second-order valence-electron chi connectivity index (χ2n) is 4.61. The lowest BCUT2D eigenvalue weighted by Crippen LogP contribution is -2.17. The van der Waals surface area contributed by atoms with Crippen molar-refractivity contribution in [2.24, 2.45) is 5.41 Å². The first-order valence-electron chi connectivity index (χ1n) is 5.89. The summed E-state index contributed by atoms with van der Waals surface area (Å²) in [6.45, 7) is 0. The van der Waals surface area contributed by atoms with Crippen LogP contribution in [0.15, 0.2) is 30.3 Å². The highest BCUT2D eigenvalue weighted by Crippen LogP contribution is 2.50. The third kappa shape index (κ3) is 2.43. The molecule has 0 spiro atoms. The summed E-state index contributed by atoms with van der Waals surface area (Å²) in [5.74, 6) is -0.0134. The second kappa shape index (κ2) is 4.69. The van der Waals surface area contributed by atoms with Crippen LogP contribution in [0.1, 0.15) is 31.2 Å². The zero-order valence-corrected chi connectivity index (χ0v) is 9.74. The van der Waals surface area contributed by atoms with E-state index in [1.807, 2.05) is 6.07 Å². The van der Waals surface area contributed by atoms with Crippen molar-refractivity contribution in [3.05, 3.63) is 35.9 Å². The van der Waals surface area contributed by atoms with Crippen molar-refractivity contribution in [2.45, 2.75) is 32.1 Å². The van der Waals surface area contributed by atoms with Crippen LogP contribution in [-0.4, -0.2) is 13.1 Å². The van der Waals surface area contributed by atoms with Gasteiger partial charge in [0, 0.05) is 0 Å². The Morgan fingerprint density at radius 2 is 2.00 bits per heavy atom. The maximum absolute atomic E-state index is 11.5. The number of carbonyl (C=O) groups excluding carboxylic acids is 1. The van der Waals surface area contributed by atoms with Crippen molar-refractivity contribution in [3.8, 4) is 0 Å². The monoisotopic (exact) mass is 218 g/mol. The van der Waals surface area contributed by atoms with Crippen LogP contribution in [0.4, 0.5) is 0 Å². The molecule has 86 valence electrons. The molecule has 16 heavy (non-hydrogen) atoms. The summed E-state index contributed by atoms with van der Waals surface area (Å²) >= 11 is 0. The maximum atomic E-state index is 11.5. The highest BCUT2D eigenvalue weighted by Gasteiger charge is 2.50. The van der Waals surface area contributed by atoms with Gasteiger partial charge in [-0.2, -0.15) is 0 Å². The minimum absolute atomic E-state index is 0.0134. The maximum Gasteiger partial charge on any atom is 0.311 e. The number of rotatable bonds is 5. The van der Waals surface area contributed by atoms with Crippen molar-refractivity contribution >= 4 is 5.97 Å². The van der Waals surface area contributed by atoms with Crippen LogP contribution < -0.4 is 0 Å². The molecule has 1 saturated carbocycles. The standard InChI is InChI=1S/C14H18O2/c1-16-13(15)14(10-11-14)9-5-8-12-6-3-2-4-7-12/h2-4,6-7H,5,8-11H2,1H3. The molecule has 1 aliphatic carbocycles. The Morgan fingerprint density at radius 1 is 1.31 bits per heavy atom. The fourth-order valence-corrected chi connectivity index (χ4v) is 2.20. The topological polar surface area (TPSA) is 26.3 Å². The van der Waals surface area contributed by atoms with Gasteiger partial charge in [0.1, 0.15) is 0 Å². The predicted octanol–water partition coefficient (Wildman–Crippen LogP) is 2.96. The lowest BCUT2D eigenvalue weighted by Gasteiger charge is -2.11. The molecule has 0 aliphatic heterocycles. The Morgan fingerprint density at radius 3 is 2.56 bits per heavy atom. The quantitative estimate of drug-likeness (QED) is 0.710. The fourth-order valence-electron chi connectivity index (χ4n) is 2.20. The molecule has 0 N–H and O–H groups in total. The Kier molecular flexibility index (Phi) is 3.28. The molecule has 1 aromatic carbocycles. The van der Waals surface area contributed by atoms with E-state index in [9.17, 15) is 4.79 Å². The Labute approximate surface area is 96.6 Å². The number of hydrogen-bond acceptors (Lipinski definition) is 2. The second-order valence-corrected chi connectivity index (χ2v) is 4.61. The third-order valence-electron chi connectivity index (χ3n) is 3.44. The van der Waals surface area contributed by atoms with E-state index in [1.165, 1.54) is 12.7 Å². The van der Waals surface area contributed by atoms with E-state index in [2.05, 4.69) is 24.3 Å². The molecule has 0 atom stereocenters. The first-order valence-corrected chi connectivity index (χ1v) is 5.89. The van der Waals surface area contributed by atoms with Crippen molar-refractivity contribution in [2.75, 3.05) is 7.11 Å². The van der Waals surface area contributed by atoms with Crippen molar-refractivity contribution in [1.29, 1.82) is 0 Å². The van der Waals surface area contributed by atoms with E-state index >= 15 is 0 Å². The van der Waals surface area contributed by atoms with Gasteiger partial charge >= 0.3 is 5.97 Å². The summed E-state index contributed by atoms with van der Waals surface area (Å²) in [5, 5.41) is 0. The molecule has 0 amide bonds. The number of carbonyl (C=O) groups is 1. The van der Waals surface area contributed by atoms with Gasteiger partial charge in [0.25, 0.3) is 0 Å². The minimum atomic E-state index is -0.121. The van der Waals surface area contributed by atoms with Crippen LogP contribution in [-0.2, 0) is 16.0 Å². The molecule has 2 rings (SSSR count). The molecule has 0 unspecified atom stereocenters. The van der Waals surface area contributed by atoms with Crippen molar-refractivity contribution < 1.29 is 9.53 Å². The third-order valence-corrected chi connectivity index (χ3v) is 3.44. The van der Waals surface area contributed by atoms with Gasteiger partial charge in [-0.3, -0.25) is 4.79 Å². The SMILES string of the molecule is COC(=O)C1(CCCc2ccccc2)CC1. The zero-order chi connectivity index (χ0) is 11.4. The average Bonchev–Trinajstić information content (AvgIpc) is 3.11. The van der Waals surface area contributed by atoms with Gasteiger partial charge < -0.3 is 4.74 Å². The number of benzene rings is 1. The van der Waals surface area contributed by atoms with E-state index in [0.717, 1.165) is 32.1 Å². The first kappa shape index (κ1) is 11.2. The van der Waals surface area contributed by atoms with Gasteiger partial charge in [-0.05, 0) is 37.7 Å². The summed E-state index contributed by atoms with van der Waals surface area (Å²) in [6, 6.07) is 10.4. The normalized spacial score (nSPS) is 16.8. The smallest absolute Gasteiger partial charge is 0.311 e. The van der Waals surface area contributed by atoms with Gasteiger partial charge in [-0.15, -0.1) is 0 Å². The van der Waals surface area contributed by atoms with Crippen molar-refractivity contribution in [1.82, 2.24) is 0 Å². The molecule has 0 aromatic heterocycles. The highest BCUT2D eigenvalue weighted by molar-refractivity contribution is 5.79. The molecule has 1 aromatic rings. The van der Waals surface area contributed by atoms with Gasteiger partial charge in [0.15, 0.2) is 0 Å². The van der Waals surface area contributed by atoms with Crippen LogP contribution >= 0.6 is 0 Å². The van der Waals surface area contributed by atoms with E-state index in [4.69, 9.17) is 4.74 Å². The summed E-state index contributed by atoms with van der Waals surface area (Å²) in [7, 11) is 1.49. The minimum Gasteiger partial charge on any atom is -0.469 e. The van der Waals surface area contributed by atoms with Gasteiger partial charge in [0.2, 0.25) is 0 Å². The lowest BCUT2D eigenvalue weighted by atomic mass is 9.97. The summed E-state index contributed by atoms with van der Waals surface area (Å²) in [6.07, 6.45) is 5.11. The Hall–Kier alpha value is -1.31. The van der Waals surface area contributed by atoms with Crippen LogP contribution in [0, 0.1) is 5.41 Å². The van der Waals surface area contributed by atoms with E-state index in [1.54, 1.807) is 0 Å². The first-order chi connectivity index (χ1) is 7.77. The number of aryl methyl sites for hydroxylation is 1. The van der Waals surface area contributed by atoms with Crippen LogP contribution in [0.2, 0.25) is 0 Å². The number of methoxy groups -OCH3 is 1.